The Morgan fingerprint density at radius 2 is 2.08 bits per heavy atom. The molecule has 5 nitrogen and oxygen atoms in total. The van der Waals surface area contributed by atoms with Gasteiger partial charge in [0.1, 0.15) is 10.6 Å². The van der Waals surface area contributed by atoms with Gasteiger partial charge in [0, 0.05) is 35.1 Å². The van der Waals surface area contributed by atoms with E-state index in [-0.39, 0.29) is 22.9 Å². The van der Waals surface area contributed by atoms with Crippen molar-refractivity contribution >= 4 is 17.2 Å². The van der Waals surface area contributed by atoms with Crippen LogP contribution in [0.2, 0.25) is 0 Å². The van der Waals surface area contributed by atoms with Crippen molar-refractivity contribution < 1.29 is 4.79 Å². The van der Waals surface area contributed by atoms with Gasteiger partial charge in [-0.15, -0.1) is 11.3 Å². The lowest BCUT2D eigenvalue weighted by Crippen LogP contribution is -2.33. The fourth-order valence-electron chi connectivity index (χ4n) is 3.11. The number of carbonyl (C=O) groups is 1. The molecule has 126 valence electrons. The van der Waals surface area contributed by atoms with Crippen molar-refractivity contribution in [3.63, 3.8) is 0 Å². The van der Waals surface area contributed by atoms with Crippen molar-refractivity contribution in [2.24, 2.45) is 5.92 Å². The summed E-state index contributed by atoms with van der Waals surface area (Å²) in [7, 11) is 0. The van der Waals surface area contributed by atoms with Gasteiger partial charge in [0.25, 0.3) is 5.91 Å². The predicted octanol–water partition coefficient (Wildman–Crippen LogP) is 3.14. The Balaban J connectivity index is 1.61. The van der Waals surface area contributed by atoms with Crippen molar-refractivity contribution in [1.29, 1.82) is 0 Å². The van der Waals surface area contributed by atoms with E-state index in [2.05, 4.69) is 14.9 Å². The lowest BCUT2D eigenvalue weighted by atomic mass is 10.1. The van der Waals surface area contributed by atoms with Crippen molar-refractivity contribution in [2.75, 3.05) is 0 Å². The monoisotopic (exact) mass is 343 g/mol. The summed E-state index contributed by atoms with van der Waals surface area (Å²) < 4.78 is 2.07. The van der Waals surface area contributed by atoms with Crippen LogP contribution in [0.1, 0.15) is 63.7 Å². The molecule has 0 radical (unpaired) electrons. The number of nitrogens with zero attached hydrogens (tertiary/aromatic N) is 2. The molecule has 0 bridgehead atoms. The molecule has 1 atom stereocenters. The zero-order valence-electron chi connectivity index (χ0n) is 13.9. The Bertz CT molecular complexity index is 846. The zero-order chi connectivity index (χ0) is 16.8. The lowest BCUT2D eigenvalue weighted by molar-refractivity contribution is 0.0929. The van der Waals surface area contributed by atoms with Crippen LogP contribution in [-0.2, 0) is 0 Å². The zero-order valence-corrected chi connectivity index (χ0v) is 14.7. The van der Waals surface area contributed by atoms with Crippen LogP contribution in [0.15, 0.2) is 23.3 Å². The largest absolute Gasteiger partial charge is 0.348 e. The highest BCUT2D eigenvalue weighted by atomic mass is 32.1. The highest BCUT2D eigenvalue weighted by Crippen LogP contribution is 2.42. The highest BCUT2D eigenvalue weighted by molar-refractivity contribution is 7.11. The van der Waals surface area contributed by atoms with E-state index >= 15 is 0 Å². The minimum atomic E-state index is -0.279. The maximum absolute atomic E-state index is 12.7. The summed E-state index contributed by atoms with van der Waals surface area (Å²) in [5.41, 5.74) is 0.964. The number of pyridine rings is 1. The van der Waals surface area contributed by atoms with Gasteiger partial charge >= 0.3 is 0 Å². The SMILES string of the molecule is Cc1cnc([C@@H](NC(=O)c2cn(C3CC3)c(C)cc2=O)C2CC2)s1. The Hall–Kier alpha value is -1.95. The van der Waals surface area contributed by atoms with Gasteiger partial charge in [-0.2, -0.15) is 0 Å². The summed E-state index contributed by atoms with van der Waals surface area (Å²) in [6.45, 7) is 3.94. The number of carbonyl (C=O) groups excluding carboxylic acids is 1. The van der Waals surface area contributed by atoms with Crippen molar-refractivity contribution in [2.45, 2.75) is 51.6 Å². The molecule has 2 aromatic rings. The molecule has 2 heterocycles. The van der Waals surface area contributed by atoms with Gasteiger partial charge in [0.15, 0.2) is 5.43 Å². The molecule has 6 heteroatoms. The molecular formula is C18H21N3O2S. The molecule has 0 saturated heterocycles. The summed E-state index contributed by atoms with van der Waals surface area (Å²) in [5, 5.41) is 4.01. The first-order chi connectivity index (χ1) is 11.5. The molecule has 2 aliphatic rings. The maximum atomic E-state index is 12.7. The summed E-state index contributed by atoms with van der Waals surface area (Å²) >= 11 is 1.62. The average Bonchev–Trinajstić information content (AvgIpc) is 3.43. The van der Waals surface area contributed by atoms with Gasteiger partial charge < -0.3 is 9.88 Å². The van der Waals surface area contributed by atoms with Crippen LogP contribution in [0.5, 0.6) is 0 Å². The molecule has 1 amide bonds. The van der Waals surface area contributed by atoms with Gasteiger partial charge in [-0.25, -0.2) is 4.98 Å². The topological polar surface area (TPSA) is 64.0 Å². The summed E-state index contributed by atoms with van der Waals surface area (Å²) in [4.78, 5) is 30.6. The van der Waals surface area contributed by atoms with Crippen LogP contribution in [-0.4, -0.2) is 15.5 Å². The molecule has 2 aliphatic carbocycles. The number of thiazole rings is 1. The molecule has 0 unspecified atom stereocenters. The minimum Gasteiger partial charge on any atom is -0.348 e. The molecule has 4 rings (SSSR count). The standard InChI is InChI=1S/C18H21N3O2S/c1-10-7-15(22)14(9-21(10)13-5-6-13)17(23)20-16(12-3-4-12)18-19-8-11(2)24-18/h7-9,12-13,16H,3-6H2,1-2H3,(H,20,23)/t16-/m0/s1. The van der Waals surface area contributed by atoms with Crippen LogP contribution >= 0.6 is 11.3 Å². The Morgan fingerprint density at radius 1 is 1.33 bits per heavy atom. The molecule has 2 fully saturated rings. The van der Waals surface area contributed by atoms with Gasteiger partial charge in [-0.3, -0.25) is 9.59 Å². The van der Waals surface area contributed by atoms with Gasteiger partial charge in [0.2, 0.25) is 0 Å². The van der Waals surface area contributed by atoms with Gasteiger partial charge in [0.05, 0.1) is 6.04 Å². The van der Waals surface area contributed by atoms with Crippen molar-refractivity contribution in [3.8, 4) is 0 Å². The summed E-state index contributed by atoms with van der Waals surface area (Å²) in [6.07, 6.45) is 8.02. The quantitative estimate of drug-likeness (QED) is 0.907. The Morgan fingerprint density at radius 3 is 2.67 bits per heavy atom. The lowest BCUT2D eigenvalue weighted by Gasteiger charge is -2.17. The number of hydrogen-bond donors (Lipinski definition) is 1. The van der Waals surface area contributed by atoms with Gasteiger partial charge in [-0.05, 0) is 45.4 Å². The van der Waals surface area contributed by atoms with E-state index in [0.717, 1.165) is 41.3 Å². The first-order valence-electron chi connectivity index (χ1n) is 8.49. The maximum Gasteiger partial charge on any atom is 0.257 e. The number of aryl methyl sites for hydroxylation is 2. The third-order valence-electron chi connectivity index (χ3n) is 4.75. The van der Waals surface area contributed by atoms with Crippen LogP contribution in [0.4, 0.5) is 0 Å². The number of rotatable bonds is 5. The van der Waals surface area contributed by atoms with E-state index in [1.54, 1.807) is 23.6 Å². The molecule has 0 aliphatic heterocycles. The normalized spacial score (nSPS) is 18.4. The molecule has 2 saturated carbocycles. The third-order valence-corrected chi connectivity index (χ3v) is 5.75. The summed E-state index contributed by atoms with van der Waals surface area (Å²) in [5.74, 6) is 0.162. The first-order valence-corrected chi connectivity index (χ1v) is 9.30. The van der Waals surface area contributed by atoms with E-state index in [1.807, 2.05) is 20.0 Å². The van der Waals surface area contributed by atoms with E-state index in [1.165, 1.54) is 0 Å². The Labute approximate surface area is 144 Å². The molecular weight excluding hydrogens is 322 g/mol. The van der Waals surface area contributed by atoms with Crippen LogP contribution in [0.3, 0.4) is 0 Å². The molecule has 24 heavy (non-hydrogen) atoms. The van der Waals surface area contributed by atoms with E-state index in [9.17, 15) is 9.59 Å². The first kappa shape index (κ1) is 15.6. The predicted molar refractivity (Wildman–Crippen MR) is 93.5 cm³/mol. The molecule has 0 spiro atoms. The van der Waals surface area contributed by atoms with Crippen LogP contribution < -0.4 is 10.7 Å². The average molecular weight is 343 g/mol. The van der Waals surface area contributed by atoms with Gasteiger partial charge in [-0.1, -0.05) is 0 Å². The second kappa shape index (κ2) is 5.84. The fraction of sp³-hybridized carbons (Fsp3) is 0.500. The minimum absolute atomic E-state index is 0.0775. The van der Waals surface area contributed by atoms with E-state index in [4.69, 9.17) is 0 Å². The van der Waals surface area contributed by atoms with Crippen molar-refractivity contribution in [1.82, 2.24) is 14.9 Å². The van der Waals surface area contributed by atoms with Crippen molar-refractivity contribution in [3.05, 3.63) is 49.8 Å². The number of aromatic nitrogens is 2. The fourth-order valence-corrected chi connectivity index (χ4v) is 4.03. The second-order valence-corrected chi connectivity index (χ2v) is 8.20. The number of hydrogen-bond acceptors (Lipinski definition) is 4. The molecule has 1 N–H and O–H groups in total. The molecule has 2 aromatic heterocycles. The van der Waals surface area contributed by atoms with E-state index < -0.39 is 0 Å². The second-order valence-electron chi connectivity index (χ2n) is 6.93. The number of nitrogens with one attached hydrogen (secondary N) is 1. The smallest absolute Gasteiger partial charge is 0.257 e. The van der Waals surface area contributed by atoms with E-state index in [0.29, 0.717) is 12.0 Å². The van der Waals surface area contributed by atoms with Crippen LogP contribution in [0, 0.1) is 19.8 Å². The molecule has 0 aromatic carbocycles. The summed E-state index contributed by atoms with van der Waals surface area (Å²) in [6, 6.07) is 1.94. The highest BCUT2D eigenvalue weighted by Gasteiger charge is 2.36. The Kier molecular flexibility index (Phi) is 3.79. The third kappa shape index (κ3) is 3.02. The number of amides is 1. The van der Waals surface area contributed by atoms with Crippen LogP contribution in [0.25, 0.3) is 0 Å².